The Morgan fingerprint density at radius 3 is 2.78 bits per heavy atom. The Balaban J connectivity index is 2.28. The maximum atomic E-state index is 12.9. The summed E-state index contributed by atoms with van der Waals surface area (Å²) in [6.07, 6.45) is 3.80. The first-order valence-corrected chi connectivity index (χ1v) is 8.98. The first-order chi connectivity index (χ1) is 12.8. The molecule has 0 aromatic rings. The van der Waals surface area contributed by atoms with Crippen molar-refractivity contribution < 1.29 is 24.0 Å². The van der Waals surface area contributed by atoms with Gasteiger partial charge in [-0.05, 0) is 25.8 Å². The van der Waals surface area contributed by atoms with Crippen LogP contribution >= 0.6 is 0 Å². The van der Waals surface area contributed by atoms with Crippen LogP contribution in [-0.4, -0.2) is 59.0 Å². The number of hydrogen-bond donors (Lipinski definition) is 2. The number of imide groups is 1. The van der Waals surface area contributed by atoms with Gasteiger partial charge in [0, 0.05) is 25.0 Å². The van der Waals surface area contributed by atoms with Crippen LogP contribution in [-0.2, 0) is 24.0 Å². The van der Waals surface area contributed by atoms with Crippen molar-refractivity contribution in [2.45, 2.75) is 45.1 Å². The van der Waals surface area contributed by atoms with Crippen molar-refractivity contribution in [3.8, 4) is 0 Å². The van der Waals surface area contributed by atoms with Crippen LogP contribution in [0.3, 0.4) is 0 Å². The van der Waals surface area contributed by atoms with Gasteiger partial charge in [-0.3, -0.25) is 28.9 Å². The van der Waals surface area contributed by atoms with Crippen LogP contribution in [0.15, 0.2) is 17.3 Å². The molecule has 0 aromatic carbocycles. The molecule has 2 atom stereocenters. The first-order valence-electron chi connectivity index (χ1n) is 8.98. The third-order valence-electron chi connectivity index (χ3n) is 4.66. The van der Waals surface area contributed by atoms with Gasteiger partial charge in [0.05, 0.1) is 12.6 Å². The highest BCUT2D eigenvalue weighted by atomic mass is 16.2. The number of primary amides is 1. The van der Waals surface area contributed by atoms with E-state index in [2.05, 4.69) is 10.3 Å². The summed E-state index contributed by atoms with van der Waals surface area (Å²) in [7, 11) is 0. The zero-order valence-corrected chi connectivity index (χ0v) is 15.3. The molecule has 2 aliphatic heterocycles. The summed E-state index contributed by atoms with van der Waals surface area (Å²) in [5, 5.41) is 2.94. The Labute approximate surface area is 157 Å². The normalized spacial score (nSPS) is 21.2. The highest BCUT2D eigenvalue weighted by molar-refractivity contribution is 6.67. The Kier molecular flexibility index (Phi) is 7.12. The molecule has 2 aliphatic rings. The average molecular weight is 376 g/mol. The molecule has 1 unspecified atom stereocenters. The van der Waals surface area contributed by atoms with E-state index in [0.717, 1.165) is 4.90 Å². The molecule has 1 fully saturated rings. The summed E-state index contributed by atoms with van der Waals surface area (Å²) in [6, 6.07) is -0.953. The van der Waals surface area contributed by atoms with Gasteiger partial charge >= 0.3 is 0 Å². The molecule has 0 aromatic heterocycles. The molecule has 3 N–H and O–H groups in total. The van der Waals surface area contributed by atoms with E-state index in [1.54, 1.807) is 6.92 Å². The molecule has 27 heavy (non-hydrogen) atoms. The van der Waals surface area contributed by atoms with Crippen LogP contribution in [0.4, 0.5) is 0 Å². The standard InChI is InChI=1S/C18H24N4O5/c1-11(17(19)26)6-7-15(25)22(12-4-2-8-20-10-14(12)24)18(27)16-13(23)5-3-9-21-16/h3,9,11-12,20H,2,4-8,10H2,1H3,(H2,19,26)/t11?,12-/m0/s1. The van der Waals surface area contributed by atoms with Gasteiger partial charge in [0.25, 0.3) is 5.91 Å². The fourth-order valence-electron chi connectivity index (χ4n) is 2.96. The number of allylic oxidation sites excluding steroid dienone is 1. The van der Waals surface area contributed by atoms with Gasteiger partial charge in [-0.2, -0.15) is 0 Å². The molecule has 3 amide bonds. The zero-order valence-electron chi connectivity index (χ0n) is 15.3. The largest absolute Gasteiger partial charge is 0.369 e. The van der Waals surface area contributed by atoms with Crippen molar-refractivity contribution in [1.29, 1.82) is 0 Å². The molecule has 1 saturated heterocycles. The molecule has 9 heteroatoms. The zero-order chi connectivity index (χ0) is 20.0. The van der Waals surface area contributed by atoms with E-state index in [1.165, 1.54) is 12.3 Å². The monoisotopic (exact) mass is 376 g/mol. The number of aliphatic imine (C=N–C) groups is 1. The van der Waals surface area contributed by atoms with Crippen LogP contribution in [0.5, 0.6) is 0 Å². The highest BCUT2D eigenvalue weighted by Gasteiger charge is 2.38. The minimum Gasteiger partial charge on any atom is -0.369 e. The van der Waals surface area contributed by atoms with Gasteiger partial charge in [-0.15, -0.1) is 0 Å². The number of nitrogens with two attached hydrogens (primary N) is 1. The number of carbonyl (C=O) groups excluding carboxylic acids is 5. The summed E-state index contributed by atoms with van der Waals surface area (Å²) < 4.78 is 0. The molecule has 2 rings (SSSR count). The smallest absolute Gasteiger partial charge is 0.283 e. The molecular weight excluding hydrogens is 352 g/mol. The van der Waals surface area contributed by atoms with E-state index >= 15 is 0 Å². The first kappa shape index (κ1) is 20.6. The molecule has 146 valence electrons. The summed E-state index contributed by atoms with van der Waals surface area (Å²) in [6.45, 7) is 2.22. The van der Waals surface area contributed by atoms with Crippen LogP contribution in [0.1, 0.15) is 39.0 Å². The second kappa shape index (κ2) is 9.31. The minimum absolute atomic E-state index is 0.0193. The lowest BCUT2D eigenvalue weighted by molar-refractivity contribution is -0.148. The van der Waals surface area contributed by atoms with Crippen molar-refractivity contribution in [3.05, 3.63) is 12.3 Å². The van der Waals surface area contributed by atoms with E-state index in [4.69, 9.17) is 5.73 Å². The predicted molar refractivity (Wildman–Crippen MR) is 96.5 cm³/mol. The Bertz CT molecular complexity index is 713. The number of carbonyl (C=O) groups is 5. The van der Waals surface area contributed by atoms with Crippen LogP contribution in [0, 0.1) is 5.92 Å². The molecule has 2 heterocycles. The fraction of sp³-hybridized carbons (Fsp3) is 0.556. The number of rotatable bonds is 6. The third-order valence-corrected chi connectivity index (χ3v) is 4.66. The highest BCUT2D eigenvalue weighted by Crippen LogP contribution is 2.17. The molecular formula is C18H24N4O5. The Morgan fingerprint density at radius 2 is 2.11 bits per heavy atom. The van der Waals surface area contributed by atoms with E-state index in [9.17, 15) is 24.0 Å². The lowest BCUT2D eigenvalue weighted by atomic mass is 10.0. The number of nitrogens with zero attached hydrogens (tertiary/aromatic N) is 2. The van der Waals surface area contributed by atoms with E-state index in [1.807, 2.05) is 0 Å². The summed E-state index contributed by atoms with van der Waals surface area (Å²) >= 11 is 0. The quantitative estimate of drug-likeness (QED) is 0.640. The summed E-state index contributed by atoms with van der Waals surface area (Å²) in [5.74, 6) is -3.36. The van der Waals surface area contributed by atoms with Gasteiger partial charge < -0.3 is 11.1 Å². The number of Topliss-reactive ketones (excluding diaryl/α,β-unsaturated/α-hetero) is 2. The van der Waals surface area contributed by atoms with Gasteiger partial charge in [0.2, 0.25) is 11.8 Å². The number of nitrogens with one attached hydrogen (secondary N) is 1. The van der Waals surface area contributed by atoms with Crippen LogP contribution in [0.25, 0.3) is 0 Å². The minimum atomic E-state index is -0.953. The topological polar surface area (TPSA) is 139 Å². The van der Waals surface area contributed by atoms with Crippen LogP contribution in [0.2, 0.25) is 0 Å². The summed E-state index contributed by atoms with van der Waals surface area (Å²) in [5.41, 5.74) is 4.87. The van der Waals surface area contributed by atoms with Crippen LogP contribution < -0.4 is 11.1 Å². The van der Waals surface area contributed by atoms with Crippen molar-refractivity contribution in [2.24, 2.45) is 16.6 Å². The average Bonchev–Trinajstić information content (AvgIpc) is 2.84. The summed E-state index contributed by atoms with van der Waals surface area (Å²) in [4.78, 5) is 66.1. The maximum absolute atomic E-state index is 12.9. The molecule has 0 bridgehead atoms. The Morgan fingerprint density at radius 1 is 1.37 bits per heavy atom. The lowest BCUT2D eigenvalue weighted by Gasteiger charge is -2.29. The molecule has 0 spiro atoms. The third kappa shape index (κ3) is 5.16. The molecule has 0 radical (unpaired) electrons. The van der Waals surface area contributed by atoms with Crippen molar-refractivity contribution >= 4 is 35.0 Å². The van der Waals surface area contributed by atoms with Gasteiger partial charge in [0.15, 0.2) is 17.3 Å². The number of amides is 3. The molecule has 0 aliphatic carbocycles. The van der Waals surface area contributed by atoms with Crippen molar-refractivity contribution in [2.75, 3.05) is 13.1 Å². The van der Waals surface area contributed by atoms with Gasteiger partial charge in [-0.25, -0.2) is 4.99 Å². The fourth-order valence-corrected chi connectivity index (χ4v) is 2.96. The number of hydrogen-bond acceptors (Lipinski definition) is 7. The van der Waals surface area contributed by atoms with E-state index in [-0.39, 0.29) is 37.3 Å². The second-order valence-electron chi connectivity index (χ2n) is 6.70. The van der Waals surface area contributed by atoms with Crippen molar-refractivity contribution in [3.63, 3.8) is 0 Å². The van der Waals surface area contributed by atoms with E-state index in [0.29, 0.717) is 19.4 Å². The number of ketones is 2. The van der Waals surface area contributed by atoms with Gasteiger partial charge in [-0.1, -0.05) is 13.0 Å². The molecule has 0 saturated carbocycles. The van der Waals surface area contributed by atoms with E-state index < -0.39 is 35.5 Å². The van der Waals surface area contributed by atoms with Gasteiger partial charge in [0.1, 0.15) is 0 Å². The predicted octanol–water partition coefficient (Wildman–Crippen LogP) is -0.508. The SMILES string of the molecule is CC(CCC(=O)N(C(=O)C1=NC=CCC1=O)[C@H]1CCCNCC1=O)C(N)=O. The van der Waals surface area contributed by atoms with Crippen molar-refractivity contribution in [1.82, 2.24) is 10.2 Å². The second-order valence-corrected chi connectivity index (χ2v) is 6.70. The Hall–Kier alpha value is -2.68. The lowest BCUT2D eigenvalue weighted by Crippen LogP contribution is -2.53. The maximum Gasteiger partial charge on any atom is 0.283 e. The molecule has 9 nitrogen and oxygen atoms in total.